The van der Waals surface area contributed by atoms with Crippen LogP contribution in [0.5, 0.6) is 5.75 Å². The van der Waals surface area contributed by atoms with Crippen LogP contribution in [0.1, 0.15) is 5.56 Å². The van der Waals surface area contributed by atoms with E-state index in [9.17, 15) is 19.8 Å². The van der Waals surface area contributed by atoms with Gasteiger partial charge in [0, 0.05) is 17.2 Å². The van der Waals surface area contributed by atoms with Crippen molar-refractivity contribution < 1.29 is 19.8 Å². The lowest BCUT2D eigenvalue weighted by atomic mass is 9.94. The first kappa shape index (κ1) is 10.2. The third kappa shape index (κ3) is 1.61. The van der Waals surface area contributed by atoms with Gasteiger partial charge in [0.15, 0.2) is 11.5 Å². The van der Waals surface area contributed by atoms with Gasteiger partial charge in [0.1, 0.15) is 5.75 Å². The first-order valence-electron chi connectivity index (χ1n) is 4.59. The third-order valence-electron chi connectivity index (χ3n) is 2.24. The van der Waals surface area contributed by atoms with E-state index in [0.717, 1.165) is 12.2 Å². The number of hydrogen-bond donors (Lipinski definition) is 2. The van der Waals surface area contributed by atoms with Gasteiger partial charge in [-0.3, -0.25) is 9.59 Å². The fraction of sp³-hybridized carbons (Fsp3) is 0. The van der Waals surface area contributed by atoms with Crippen LogP contribution in [-0.4, -0.2) is 21.8 Å². The molecule has 0 aromatic heterocycles. The molecule has 4 nitrogen and oxygen atoms in total. The van der Waals surface area contributed by atoms with Gasteiger partial charge in [-0.25, -0.2) is 0 Å². The highest BCUT2D eigenvalue weighted by Crippen LogP contribution is 2.28. The first-order valence-corrected chi connectivity index (χ1v) is 4.59. The van der Waals surface area contributed by atoms with Crippen molar-refractivity contribution in [2.45, 2.75) is 0 Å². The van der Waals surface area contributed by atoms with Crippen LogP contribution in [0, 0.1) is 0 Å². The smallest absolute Gasteiger partial charge is 0.228 e. The second kappa shape index (κ2) is 3.66. The summed E-state index contributed by atoms with van der Waals surface area (Å²) < 4.78 is 0. The van der Waals surface area contributed by atoms with Crippen molar-refractivity contribution >= 4 is 17.1 Å². The summed E-state index contributed by atoms with van der Waals surface area (Å²) in [5.41, 5.74) is 0.239. The summed E-state index contributed by atoms with van der Waals surface area (Å²) in [7, 11) is 0. The Labute approximate surface area is 91.1 Å². The number of aliphatic hydroxyl groups is 1. The molecule has 1 aliphatic rings. The van der Waals surface area contributed by atoms with Gasteiger partial charge in [0.25, 0.3) is 0 Å². The van der Waals surface area contributed by atoms with Gasteiger partial charge in [0.05, 0.1) is 0 Å². The van der Waals surface area contributed by atoms with Crippen molar-refractivity contribution in [2.75, 3.05) is 0 Å². The Hall–Kier alpha value is -2.36. The van der Waals surface area contributed by atoms with Gasteiger partial charge < -0.3 is 10.2 Å². The van der Waals surface area contributed by atoms with Crippen LogP contribution in [0.4, 0.5) is 0 Å². The molecule has 1 aromatic carbocycles. The van der Waals surface area contributed by atoms with Gasteiger partial charge in [-0.1, -0.05) is 18.2 Å². The molecule has 2 N–H and O–H groups in total. The normalized spacial score (nSPS) is 15.8. The first-order chi connectivity index (χ1) is 7.59. The Morgan fingerprint density at radius 2 is 1.62 bits per heavy atom. The number of phenols is 1. The molecule has 2 rings (SSSR count). The van der Waals surface area contributed by atoms with Gasteiger partial charge in [0.2, 0.25) is 5.78 Å². The minimum absolute atomic E-state index is 0.00287. The summed E-state index contributed by atoms with van der Waals surface area (Å²) in [5.74, 6) is -1.85. The molecule has 1 aliphatic carbocycles. The zero-order chi connectivity index (χ0) is 11.7. The van der Waals surface area contributed by atoms with Crippen molar-refractivity contribution in [1.82, 2.24) is 0 Å². The second-order valence-electron chi connectivity index (χ2n) is 3.34. The number of para-hydroxylation sites is 1. The van der Waals surface area contributed by atoms with Crippen LogP contribution in [0.15, 0.2) is 42.2 Å². The maximum Gasteiger partial charge on any atom is 0.228 e. The zero-order valence-electron chi connectivity index (χ0n) is 8.18. The van der Waals surface area contributed by atoms with E-state index < -0.39 is 17.3 Å². The van der Waals surface area contributed by atoms with Crippen LogP contribution in [0.25, 0.3) is 5.57 Å². The Kier molecular flexibility index (Phi) is 2.32. The van der Waals surface area contributed by atoms with Crippen LogP contribution in [-0.2, 0) is 9.59 Å². The second-order valence-corrected chi connectivity index (χ2v) is 3.34. The van der Waals surface area contributed by atoms with Gasteiger partial charge >= 0.3 is 0 Å². The molecule has 0 fully saturated rings. The van der Waals surface area contributed by atoms with E-state index in [0.29, 0.717) is 0 Å². The Balaban J connectivity index is 2.54. The van der Waals surface area contributed by atoms with Crippen LogP contribution in [0.3, 0.4) is 0 Å². The summed E-state index contributed by atoms with van der Waals surface area (Å²) in [4.78, 5) is 22.7. The van der Waals surface area contributed by atoms with Gasteiger partial charge in [-0.05, 0) is 12.1 Å². The predicted octanol–water partition coefficient (Wildman–Crippen LogP) is 1.37. The molecule has 0 saturated carbocycles. The molecule has 80 valence electrons. The Morgan fingerprint density at radius 3 is 2.31 bits per heavy atom. The highest BCUT2D eigenvalue weighted by atomic mass is 16.3. The number of benzene rings is 1. The molecule has 0 atom stereocenters. The fourth-order valence-electron chi connectivity index (χ4n) is 1.49. The Bertz CT molecular complexity index is 538. The van der Waals surface area contributed by atoms with Gasteiger partial charge in [-0.15, -0.1) is 0 Å². The number of aliphatic hydroxyl groups excluding tert-OH is 1. The number of ketones is 2. The number of carbonyl (C=O) groups excluding carboxylic acids is 2. The molecular formula is C12H8O4. The molecule has 16 heavy (non-hydrogen) atoms. The predicted molar refractivity (Wildman–Crippen MR) is 56.8 cm³/mol. The molecule has 0 heterocycles. The van der Waals surface area contributed by atoms with Crippen molar-refractivity contribution in [1.29, 1.82) is 0 Å². The number of allylic oxidation sites excluding steroid dienone is 3. The van der Waals surface area contributed by atoms with E-state index in [1.165, 1.54) is 12.1 Å². The lowest BCUT2D eigenvalue weighted by molar-refractivity contribution is -0.115. The molecule has 0 bridgehead atoms. The Morgan fingerprint density at radius 1 is 0.938 bits per heavy atom. The van der Waals surface area contributed by atoms with Crippen molar-refractivity contribution in [3.63, 3.8) is 0 Å². The average Bonchev–Trinajstić information content (AvgIpc) is 2.24. The summed E-state index contributed by atoms with van der Waals surface area (Å²) in [6, 6.07) is 6.14. The number of phenolic OH excluding ortho intramolecular Hbond substituents is 1. The molecule has 0 aliphatic heterocycles. The van der Waals surface area contributed by atoms with Crippen LogP contribution in [0.2, 0.25) is 0 Å². The lowest BCUT2D eigenvalue weighted by Gasteiger charge is -2.10. The highest BCUT2D eigenvalue weighted by Gasteiger charge is 2.23. The summed E-state index contributed by atoms with van der Waals surface area (Å²) in [6.45, 7) is 0. The number of carbonyl (C=O) groups is 2. The maximum absolute atomic E-state index is 11.6. The molecule has 1 aromatic rings. The number of Topliss-reactive ketones (excluding diaryl/α,β-unsaturated/α-hetero) is 1. The van der Waals surface area contributed by atoms with E-state index in [1.807, 2.05) is 0 Å². The number of hydrogen-bond acceptors (Lipinski definition) is 4. The minimum Gasteiger partial charge on any atom is -0.507 e. The minimum atomic E-state index is -0.666. The molecule has 0 radical (unpaired) electrons. The fourth-order valence-corrected chi connectivity index (χ4v) is 1.49. The largest absolute Gasteiger partial charge is 0.507 e. The monoisotopic (exact) mass is 216 g/mol. The summed E-state index contributed by atoms with van der Waals surface area (Å²) >= 11 is 0. The molecule has 0 amide bonds. The average molecular weight is 216 g/mol. The number of aromatic hydroxyl groups is 1. The highest BCUT2D eigenvalue weighted by molar-refractivity contribution is 6.35. The molecule has 0 saturated heterocycles. The van der Waals surface area contributed by atoms with Crippen LogP contribution < -0.4 is 0 Å². The molecule has 4 heteroatoms. The molecule has 0 spiro atoms. The van der Waals surface area contributed by atoms with E-state index in [1.54, 1.807) is 12.1 Å². The van der Waals surface area contributed by atoms with Crippen molar-refractivity contribution in [3.05, 3.63) is 47.7 Å². The van der Waals surface area contributed by atoms with E-state index >= 15 is 0 Å². The summed E-state index contributed by atoms with van der Waals surface area (Å²) in [5, 5.41) is 18.8. The summed E-state index contributed by atoms with van der Waals surface area (Å²) in [6.07, 6.45) is 1.95. The molecular weight excluding hydrogens is 208 g/mol. The SMILES string of the molecule is O=C1C=C(O)C(=O)C(c2ccccc2O)=C1. The maximum atomic E-state index is 11.6. The third-order valence-corrected chi connectivity index (χ3v) is 2.24. The lowest BCUT2D eigenvalue weighted by Crippen LogP contribution is -2.13. The van der Waals surface area contributed by atoms with Crippen molar-refractivity contribution in [3.8, 4) is 5.75 Å². The van der Waals surface area contributed by atoms with E-state index in [2.05, 4.69) is 0 Å². The quantitative estimate of drug-likeness (QED) is 0.695. The van der Waals surface area contributed by atoms with Crippen molar-refractivity contribution in [2.24, 2.45) is 0 Å². The topological polar surface area (TPSA) is 74.6 Å². The zero-order valence-corrected chi connectivity index (χ0v) is 8.18. The van der Waals surface area contributed by atoms with Gasteiger partial charge in [-0.2, -0.15) is 0 Å². The molecule has 0 unspecified atom stereocenters. The van der Waals surface area contributed by atoms with E-state index in [4.69, 9.17) is 0 Å². The standard InChI is InChI=1S/C12H8O4/c13-7-5-9(12(16)11(15)6-7)8-3-1-2-4-10(8)14/h1-6,14-15H. The number of rotatable bonds is 1. The van der Waals surface area contributed by atoms with E-state index in [-0.39, 0.29) is 16.9 Å². The van der Waals surface area contributed by atoms with Crippen LogP contribution >= 0.6 is 0 Å².